The lowest BCUT2D eigenvalue weighted by atomic mass is 10.2. The number of carbonyl (C=O) groups is 1. The molecule has 2 aromatic rings. The first-order valence-electron chi connectivity index (χ1n) is 6.64. The van der Waals surface area contributed by atoms with Crippen LogP contribution in [0.1, 0.15) is 11.1 Å². The van der Waals surface area contributed by atoms with E-state index in [1.807, 2.05) is 67.6 Å². The van der Waals surface area contributed by atoms with Crippen LogP contribution in [-0.2, 0) is 4.79 Å². The minimum absolute atomic E-state index is 0.132. The predicted octanol–water partition coefficient (Wildman–Crippen LogP) is 3.26. The third-order valence-corrected chi connectivity index (χ3v) is 3.57. The summed E-state index contributed by atoms with van der Waals surface area (Å²) in [5, 5.41) is 3.39. The van der Waals surface area contributed by atoms with E-state index in [0.717, 1.165) is 16.8 Å². The lowest BCUT2D eigenvalue weighted by molar-refractivity contribution is -0.113. The van der Waals surface area contributed by atoms with Crippen LogP contribution in [0.15, 0.2) is 60.3 Å². The Balaban J connectivity index is 1.92. The van der Waals surface area contributed by atoms with Crippen molar-refractivity contribution >= 4 is 35.0 Å². The van der Waals surface area contributed by atoms with Gasteiger partial charge >= 0.3 is 0 Å². The number of nitrogens with zero attached hydrogens (tertiary/aromatic N) is 1. The van der Waals surface area contributed by atoms with Gasteiger partial charge in [0.1, 0.15) is 5.70 Å². The van der Waals surface area contributed by atoms with Crippen LogP contribution in [0.4, 0.5) is 5.69 Å². The Labute approximate surface area is 128 Å². The van der Waals surface area contributed by atoms with Gasteiger partial charge in [0.2, 0.25) is 0 Å². The molecule has 1 amide bonds. The van der Waals surface area contributed by atoms with Gasteiger partial charge in [-0.2, -0.15) is 0 Å². The minimum Gasteiger partial charge on any atom is -0.327 e. The predicted molar refractivity (Wildman–Crippen MR) is 88.8 cm³/mol. The molecule has 1 aliphatic rings. The van der Waals surface area contributed by atoms with Crippen molar-refractivity contribution in [1.82, 2.24) is 5.32 Å². The summed E-state index contributed by atoms with van der Waals surface area (Å²) in [6.45, 7) is 2.01. The molecule has 0 unspecified atom stereocenters. The summed E-state index contributed by atoms with van der Waals surface area (Å²) in [5.41, 5.74) is 3.37. The number of hydrogen-bond donors (Lipinski definition) is 1. The third-order valence-electron chi connectivity index (χ3n) is 3.28. The summed E-state index contributed by atoms with van der Waals surface area (Å²) in [7, 11) is 0. The van der Waals surface area contributed by atoms with Crippen LogP contribution in [-0.4, -0.2) is 11.0 Å². The first-order chi connectivity index (χ1) is 10.1. The van der Waals surface area contributed by atoms with E-state index in [1.165, 1.54) is 4.90 Å². The molecular formula is C17H14N2OS. The van der Waals surface area contributed by atoms with Gasteiger partial charge in [0.05, 0.1) is 5.69 Å². The lowest BCUT2D eigenvalue weighted by Gasteiger charge is -2.13. The molecule has 3 rings (SSSR count). The highest BCUT2D eigenvalue weighted by atomic mass is 32.1. The van der Waals surface area contributed by atoms with Crippen molar-refractivity contribution in [3.63, 3.8) is 0 Å². The second-order valence-electron chi connectivity index (χ2n) is 4.87. The second-order valence-corrected chi connectivity index (χ2v) is 5.26. The highest BCUT2D eigenvalue weighted by Gasteiger charge is 2.31. The molecule has 21 heavy (non-hydrogen) atoms. The zero-order chi connectivity index (χ0) is 14.8. The van der Waals surface area contributed by atoms with Crippen molar-refractivity contribution < 1.29 is 4.79 Å². The summed E-state index contributed by atoms with van der Waals surface area (Å²) in [6, 6.07) is 17.4. The fourth-order valence-corrected chi connectivity index (χ4v) is 2.48. The molecule has 1 aliphatic heterocycles. The zero-order valence-corrected chi connectivity index (χ0v) is 12.4. The second kappa shape index (κ2) is 5.50. The molecule has 0 aliphatic carbocycles. The van der Waals surface area contributed by atoms with E-state index in [4.69, 9.17) is 12.2 Å². The molecular weight excluding hydrogens is 280 g/mol. The number of rotatable bonds is 2. The summed E-state index contributed by atoms with van der Waals surface area (Å²) < 4.78 is 0. The number of thiocarbonyl (C=S) groups is 1. The van der Waals surface area contributed by atoms with Gasteiger partial charge in [0, 0.05) is 0 Å². The SMILES string of the molecule is Cc1ccc(N2C(=O)C(=Cc3ccccc3)NC2=S)cc1. The fourth-order valence-electron chi connectivity index (χ4n) is 2.18. The number of amides is 1. The zero-order valence-electron chi connectivity index (χ0n) is 11.5. The average Bonchev–Trinajstić information content (AvgIpc) is 2.76. The van der Waals surface area contributed by atoms with Crippen LogP contribution < -0.4 is 10.2 Å². The average molecular weight is 294 g/mol. The van der Waals surface area contributed by atoms with E-state index in [2.05, 4.69) is 5.32 Å². The Morgan fingerprint density at radius 2 is 1.71 bits per heavy atom. The van der Waals surface area contributed by atoms with Gasteiger partial charge in [-0.05, 0) is 42.9 Å². The molecule has 1 N–H and O–H groups in total. The summed E-state index contributed by atoms with van der Waals surface area (Å²) in [4.78, 5) is 14.0. The molecule has 1 heterocycles. The monoisotopic (exact) mass is 294 g/mol. The highest BCUT2D eigenvalue weighted by molar-refractivity contribution is 7.80. The van der Waals surface area contributed by atoms with Crippen molar-refractivity contribution in [2.45, 2.75) is 6.92 Å². The van der Waals surface area contributed by atoms with E-state index in [1.54, 1.807) is 0 Å². The largest absolute Gasteiger partial charge is 0.327 e. The highest BCUT2D eigenvalue weighted by Crippen LogP contribution is 2.22. The van der Waals surface area contributed by atoms with Crippen LogP contribution in [0.5, 0.6) is 0 Å². The molecule has 3 nitrogen and oxygen atoms in total. The minimum atomic E-state index is -0.132. The first kappa shape index (κ1) is 13.5. The van der Waals surface area contributed by atoms with Crippen LogP contribution in [0.2, 0.25) is 0 Å². The number of hydrogen-bond acceptors (Lipinski definition) is 2. The van der Waals surface area contributed by atoms with Crippen molar-refractivity contribution in [2.24, 2.45) is 0 Å². The maximum Gasteiger partial charge on any atom is 0.281 e. The number of benzene rings is 2. The summed E-state index contributed by atoms with van der Waals surface area (Å²) in [5.74, 6) is -0.132. The van der Waals surface area contributed by atoms with Gasteiger partial charge in [0.25, 0.3) is 5.91 Å². The number of carbonyl (C=O) groups excluding carboxylic acids is 1. The number of nitrogens with one attached hydrogen (secondary N) is 1. The number of anilines is 1. The van der Waals surface area contributed by atoms with E-state index in [9.17, 15) is 4.79 Å². The fraction of sp³-hybridized carbons (Fsp3) is 0.0588. The van der Waals surface area contributed by atoms with Gasteiger partial charge in [-0.15, -0.1) is 0 Å². The third kappa shape index (κ3) is 2.71. The quantitative estimate of drug-likeness (QED) is 0.681. The summed E-state index contributed by atoms with van der Waals surface area (Å²) in [6.07, 6.45) is 1.81. The van der Waals surface area contributed by atoms with E-state index in [-0.39, 0.29) is 5.91 Å². The van der Waals surface area contributed by atoms with Gasteiger partial charge in [-0.25, -0.2) is 0 Å². The first-order valence-corrected chi connectivity index (χ1v) is 7.05. The van der Waals surface area contributed by atoms with Crippen molar-refractivity contribution in [3.05, 3.63) is 71.4 Å². The lowest BCUT2D eigenvalue weighted by Crippen LogP contribution is -2.30. The van der Waals surface area contributed by atoms with Gasteiger partial charge in [-0.3, -0.25) is 9.69 Å². The van der Waals surface area contributed by atoms with Crippen LogP contribution >= 0.6 is 12.2 Å². The standard InChI is InChI=1S/C17H14N2OS/c1-12-7-9-14(10-8-12)19-16(20)15(18-17(19)21)11-13-5-3-2-4-6-13/h2-11H,1H3,(H,18,21). The summed E-state index contributed by atoms with van der Waals surface area (Å²) >= 11 is 5.28. The van der Waals surface area contributed by atoms with E-state index in [0.29, 0.717) is 10.8 Å². The van der Waals surface area contributed by atoms with Crippen molar-refractivity contribution in [1.29, 1.82) is 0 Å². The Hall–Kier alpha value is -2.46. The topological polar surface area (TPSA) is 32.3 Å². The van der Waals surface area contributed by atoms with Crippen molar-refractivity contribution in [3.8, 4) is 0 Å². The number of aryl methyl sites for hydroxylation is 1. The molecule has 1 fully saturated rings. The molecule has 2 aromatic carbocycles. The molecule has 104 valence electrons. The van der Waals surface area contributed by atoms with Crippen LogP contribution in [0.25, 0.3) is 6.08 Å². The molecule has 0 aromatic heterocycles. The molecule has 0 atom stereocenters. The smallest absolute Gasteiger partial charge is 0.281 e. The Kier molecular flexibility index (Phi) is 3.54. The van der Waals surface area contributed by atoms with Gasteiger partial charge in [0.15, 0.2) is 5.11 Å². The maximum absolute atomic E-state index is 12.5. The Morgan fingerprint density at radius 1 is 1.05 bits per heavy atom. The van der Waals surface area contributed by atoms with E-state index < -0.39 is 0 Å². The van der Waals surface area contributed by atoms with E-state index >= 15 is 0 Å². The van der Waals surface area contributed by atoms with Gasteiger partial charge < -0.3 is 5.32 Å². The van der Waals surface area contributed by atoms with Crippen molar-refractivity contribution in [2.75, 3.05) is 4.90 Å². The molecule has 0 saturated carbocycles. The molecule has 4 heteroatoms. The molecule has 1 saturated heterocycles. The Morgan fingerprint density at radius 3 is 2.38 bits per heavy atom. The van der Waals surface area contributed by atoms with Crippen LogP contribution in [0.3, 0.4) is 0 Å². The maximum atomic E-state index is 12.5. The molecule has 0 spiro atoms. The van der Waals surface area contributed by atoms with Gasteiger partial charge in [-0.1, -0.05) is 48.0 Å². The molecule has 0 radical (unpaired) electrons. The molecule has 0 bridgehead atoms. The Bertz CT molecular complexity index is 720. The normalized spacial score (nSPS) is 16.4. The van der Waals surface area contributed by atoms with Crippen LogP contribution in [0, 0.1) is 6.92 Å².